The summed E-state index contributed by atoms with van der Waals surface area (Å²) in [6, 6.07) is 11.4. The van der Waals surface area contributed by atoms with Gasteiger partial charge in [-0.3, -0.25) is 4.79 Å². The lowest BCUT2D eigenvalue weighted by atomic mass is 10.1. The van der Waals surface area contributed by atoms with E-state index in [0.29, 0.717) is 16.3 Å². The Morgan fingerprint density at radius 1 is 1.23 bits per heavy atom. The number of hydrogen-bond donors (Lipinski definition) is 0. The molecule has 0 N–H and O–H groups in total. The second kappa shape index (κ2) is 9.20. The van der Waals surface area contributed by atoms with E-state index in [9.17, 15) is 13.6 Å². The molecule has 0 unspecified atom stereocenters. The Bertz CT molecular complexity index is 796. The minimum atomic E-state index is -2.93. The van der Waals surface area contributed by atoms with Gasteiger partial charge in [-0.2, -0.15) is 8.78 Å². The average molecular weight is 382 g/mol. The number of halogens is 3. The van der Waals surface area contributed by atoms with Crippen LogP contribution in [-0.4, -0.2) is 31.6 Å². The van der Waals surface area contributed by atoms with Gasteiger partial charge in [-0.15, -0.1) is 0 Å². The zero-order valence-electron chi connectivity index (χ0n) is 14.3. The van der Waals surface area contributed by atoms with Crippen molar-refractivity contribution in [3.63, 3.8) is 0 Å². The Morgan fingerprint density at radius 3 is 2.65 bits per heavy atom. The molecule has 0 saturated carbocycles. The summed E-state index contributed by atoms with van der Waals surface area (Å²) in [5, 5.41) is 0.537. The fourth-order valence-electron chi connectivity index (χ4n) is 2.31. The Morgan fingerprint density at radius 2 is 1.96 bits per heavy atom. The Balaban J connectivity index is 2.10. The molecule has 0 aliphatic heterocycles. The summed E-state index contributed by atoms with van der Waals surface area (Å²) in [5.41, 5.74) is 1.14. The predicted molar refractivity (Wildman–Crippen MR) is 96.6 cm³/mol. The van der Waals surface area contributed by atoms with Crippen LogP contribution < -0.4 is 9.47 Å². The Hall–Kier alpha value is -2.60. The minimum absolute atomic E-state index is 0.00529. The van der Waals surface area contributed by atoms with Crippen LogP contribution in [0, 0.1) is 0 Å². The van der Waals surface area contributed by atoms with E-state index in [-0.39, 0.29) is 18.2 Å². The first-order valence-corrected chi connectivity index (χ1v) is 8.08. The summed E-state index contributed by atoms with van der Waals surface area (Å²) >= 11 is 5.99. The molecule has 2 aromatic carbocycles. The Labute approximate surface area is 155 Å². The van der Waals surface area contributed by atoms with Crippen LogP contribution in [0.3, 0.4) is 0 Å². The maximum atomic E-state index is 12.4. The number of rotatable bonds is 7. The third-order valence-electron chi connectivity index (χ3n) is 3.57. The van der Waals surface area contributed by atoms with Gasteiger partial charge < -0.3 is 14.4 Å². The van der Waals surface area contributed by atoms with Crippen molar-refractivity contribution >= 4 is 23.6 Å². The number of benzene rings is 2. The first-order valence-electron chi connectivity index (χ1n) is 7.70. The summed E-state index contributed by atoms with van der Waals surface area (Å²) in [7, 11) is 3.16. The van der Waals surface area contributed by atoms with E-state index in [1.807, 2.05) is 0 Å². The minimum Gasteiger partial charge on any atom is -0.496 e. The van der Waals surface area contributed by atoms with Gasteiger partial charge in [0.25, 0.3) is 0 Å². The maximum Gasteiger partial charge on any atom is 0.387 e. The van der Waals surface area contributed by atoms with E-state index in [0.717, 1.165) is 5.56 Å². The molecule has 0 fully saturated rings. The van der Waals surface area contributed by atoms with Gasteiger partial charge in [0.2, 0.25) is 5.91 Å². The molecule has 0 aliphatic rings. The third-order valence-corrected chi connectivity index (χ3v) is 3.80. The molecule has 0 radical (unpaired) electrons. The van der Waals surface area contributed by atoms with E-state index in [4.69, 9.17) is 16.3 Å². The number of nitrogens with zero attached hydrogens (tertiary/aromatic N) is 1. The van der Waals surface area contributed by atoms with Crippen LogP contribution in [0.2, 0.25) is 5.02 Å². The third kappa shape index (κ3) is 5.46. The van der Waals surface area contributed by atoms with Crippen molar-refractivity contribution < 1.29 is 23.0 Å². The molecule has 7 heteroatoms. The summed E-state index contributed by atoms with van der Waals surface area (Å²) in [6.07, 6.45) is 2.73. The topological polar surface area (TPSA) is 38.8 Å². The number of alkyl halides is 2. The van der Waals surface area contributed by atoms with Gasteiger partial charge in [-0.25, -0.2) is 0 Å². The summed E-state index contributed by atoms with van der Waals surface area (Å²) < 4.78 is 34.6. The number of carbonyl (C=O) groups excluding carboxylic acids is 1. The second-order valence-corrected chi connectivity index (χ2v) is 5.84. The summed E-state index contributed by atoms with van der Waals surface area (Å²) in [6.45, 7) is -2.65. The quantitative estimate of drug-likeness (QED) is 0.657. The van der Waals surface area contributed by atoms with Gasteiger partial charge in [0.05, 0.1) is 7.11 Å². The SMILES string of the molecule is COc1ccc(Cl)cc1CN(C)C(=O)/C=C/c1ccccc1OC(F)F. The van der Waals surface area contributed by atoms with Crippen LogP contribution in [0.15, 0.2) is 48.5 Å². The molecule has 2 rings (SSSR count). The Kier molecular flexibility index (Phi) is 6.97. The lowest BCUT2D eigenvalue weighted by Crippen LogP contribution is -2.24. The molecule has 2 aromatic rings. The highest BCUT2D eigenvalue weighted by atomic mass is 35.5. The normalized spacial score (nSPS) is 11.0. The van der Waals surface area contributed by atoms with Crippen LogP contribution in [0.1, 0.15) is 11.1 Å². The van der Waals surface area contributed by atoms with E-state index in [2.05, 4.69) is 4.74 Å². The van der Waals surface area contributed by atoms with Gasteiger partial charge in [0, 0.05) is 35.8 Å². The molecule has 4 nitrogen and oxygen atoms in total. The highest BCUT2D eigenvalue weighted by Gasteiger charge is 2.12. The number of methoxy groups -OCH3 is 1. The van der Waals surface area contributed by atoms with E-state index in [1.165, 1.54) is 30.2 Å². The lowest BCUT2D eigenvalue weighted by molar-refractivity contribution is -0.125. The van der Waals surface area contributed by atoms with Crippen molar-refractivity contribution in [3.05, 3.63) is 64.7 Å². The number of amides is 1. The molecule has 0 aliphatic carbocycles. The molecule has 0 spiro atoms. The van der Waals surface area contributed by atoms with Crippen LogP contribution >= 0.6 is 11.6 Å². The van der Waals surface area contributed by atoms with Crippen LogP contribution in [0.4, 0.5) is 8.78 Å². The molecule has 0 bridgehead atoms. The molecule has 1 amide bonds. The highest BCUT2D eigenvalue weighted by Crippen LogP contribution is 2.24. The fraction of sp³-hybridized carbons (Fsp3) is 0.211. The number of carbonyl (C=O) groups is 1. The van der Waals surface area contributed by atoms with Crippen LogP contribution in [-0.2, 0) is 11.3 Å². The van der Waals surface area contributed by atoms with Gasteiger partial charge in [0.15, 0.2) is 0 Å². The van der Waals surface area contributed by atoms with Crippen molar-refractivity contribution in [1.29, 1.82) is 0 Å². The van der Waals surface area contributed by atoms with Crippen molar-refractivity contribution in [2.45, 2.75) is 13.2 Å². The number of likely N-dealkylation sites (N-methyl/N-ethyl adjacent to an activating group) is 1. The largest absolute Gasteiger partial charge is 0.496 e. The fourth-order valence-corrected chi connectivity index (χ4v) is 2.51. The van der Waals surface area contributed by atoms with Crippen LogP contribution in [0.25, 0.3) is 6.08 Å². The van der Waals surface area contributed by atoms with E-state index in [1.54, 1.807) is 43.4 Å². The van der Waals surface area contributed by atoms with Crippen molar-refractivity contribution in [1.82, 2.24) is 4.90 Å². The second-order valence-electron chi connectivity index (χ2n) is 5.40. The smallest absolute Gasteiger partial charge is 0.387 e. The highest BCUT2D eigenvalue weighted by molar-refractivity contribution is 6.30. The predicted octanol–water partition coefficient (Wildman–Crippen LogP) is 4.62. The number of para-hydroxylation sites is 1. The molecule has 0 heterocycles. The van der Waals surface area contributed by atoms with Crippen molar-refractivity contribution in [3.8, 4) is 11.5 Å². The molecule has 0 atom stereocenters. The standard InChI is InChI=1S/C19H18ClF2NO3/c1-23(12-14-11-15(20)8-9-16(14)25-2)18(24)10-7-13-5-3-4-6-17(13)26-19(21)22/h3-11,19H,12H2,1-2H3/b10-7+. The maximum absolute atomic E-state index is 12.4. The number of ether oxygens (including phenoxy) is 2. The summed E-state index contributed by atoms with van der Waals surface area (Å²) in [4.78, 5) is 13.8. The number of hydrogen-bond acceptors (Lipinski definition) is 3. The van der Waals surface area contributed by atoms with E-state index >= 15 is 0 Å². The van der Waals surface area contributed by atoms with Gasteiger partial charge in [-0.1, -0.05) is 29.8 Å². The van der Waals surface area contributed by atoms with Crippen molar-refractivity contribution in [2.75, 3.05) is 14.2 Å². The molecule has 138 valence electrons. The first-order chi connectivity index (χ1) is 12.4. The van der Waals surface area contributed by atoms with Gasteiger partial charge in [-0.05, 0) is 30.3 Å². The zero-order chi connectivity index (χ0) is 19.1. The zero-order valence-corrected chi connectivity index (χ0v) is 15.0. The molecular formula is C19H18ClF2NO3. The molecular weight excluding hydrogens is 364 g/mol. The molecule has 0 saturated heterocycles. The van der Waals surface area contributed by atoms with E-state index < -0.39 is 6.61 Å². The van der Waals surface area contributed by atoms with Gasteiger partial charge in [0.1, 0.15) is 11.5 Å². The monoisotopic (exact) mass is 381 g/mol. The molecule has 26 heavy (non-hydrogen) atoms. The van der Waals surface area contributed by atoms with Crippen LogP contribution in [0.5, 0.6) is 11.5 Å². The van der Waals surface area contributed by atoms with Gasteiger partial charge >= 0.3 is 6.61 Å². The molecule has 0 aromatic heterocycles. The first kappa shape index (κ1) is 19.7. The summed E-state index contributed by atoms with van der Waals surface area (Å²) in [5.74, 6) is 0.318. The lowest BCUT2D eigenvalue weighted by Gasteiger charge is -2.17. The van der Waals surface area contributed by atoms with Crippen molar-refractivity contribution in [2.24, 2.45) is 0 Å². The average Bonchev–Trinajstić information content (AvgIpc) is 2.60.